The number of rotatable bonds is 17. The molecule has 348 valence electrons. The molecule has 0 unspecified atom stereocenters. The largest absolute Gasteiger partial charge is 0.469 e. The van der Waals surface area contributed by atoms with Crippen molar-refractivity contribution in [1.82, 2.24) is 20.4 Å². The van der Waals surface area contributed by atoms with Gasteiger partial charge in [-0.25, -0.2) is 25.6 Å². The van der Waals surface area contributed by atoms with Crippen LogP contribution in [0.1, 0.15) is 48.6 Å². The molecule has 6 rings (SSSR count). The molecule has 0 saturated heterocycles. The van der Waals surface area contributed by atoms with Crippen LogP contribution in [0.5, 0.6) is 0 Å². The summed E-state index contributed by atoms with van der Waals surface area (Å²) in [6.07, 6.45) is -6.32. The number of esters is 2. The van der Waals surface area contributed by atoms with Crippen LogP contribution in [-0.2, 0) is 51.0 Å². The lowest BCUT2D eigenvalue weighted by atomic mass is 10.1. The zero-order valence-electron chi connectivity index (χ0n) is 33.9. The molecule has 0 amide bonds. The SMILES string of the molecule is COC(=O)CCS(=O)(=O)N(Cc1ccc(-c2nnc(C(F)F)o2)cc1F)c1ccccc1.COC(=O)CCS(=O)(=O)Nc1ccccc1.Fc1cc(-c2nnc(C(F)F)o2)ccc1CBr. The molecule has 0 atom stereocenters. The van der Waals surface area contributed by atoms with Crippen molar-refractivity contribution in [3.63, 3.8) is 0 Å². The molecule has 0 fully saturated rings. The third-order valence-electron chi connectivity index (χ3n) is 8.33. The maximum atomic E-state index is 14.8. The predicted molar refractivity (Wildman–Crippen MR) is 225 cm³/mol. The first-order valence-electron chi connectivity index (χ1n) is 18.5. The van der Waals surface area contributed by atoms with Crippen molar-refractivity contribution in [3.8, 4) is 22.9 Å². The maximum absolute atomic E-state index is 14.8. The molecule has 0 aliphatic carbocycles. The molecule has 25 heteroatoms. The van der Waals surface area contributed by atoms with Gasteiger partial charge < -0.3 is 18.3 Å². The Morgan fingerprint density at radius 1 is 0.677 bits per heavy atom. The van der Waals surface area contributed by atoms with Crippen LogP contribution in [0, 0.1) is 11.6 Å². The van der Waals surface area contributed by atoms with Gasteiger partial charge in [-0.05, 0) is 54.1 Å². The van der Waals surface area contributed by atoms with Crippen LogP contribution in [-0.4, -0.2) is 74.9 Å². The van der Waals surface area contributed by atoms with E-state index in [1.54, 1.807) is 48.5 Å². The van der Waals surface area contributed by atoms with Gasteiger partial charge in [0.05, 0.1) is 50.8 Å². The average molecular weight is 1020 g/mol. The maximum Gasteiger partial charge on any atom is 0.314 e. The van der Waals surface area contributed by atoms with Gasteiger partial charge in [0.1, 0.15) is 11.6 Å². The lowest BCUT2D eigenvalue weighted by molar-refractivity contribution is -0.141. The number of carbonyl (C=O) groups excluding carboxylic acids is 2. The van der Waals surface area contributed by atoms with E-state index in [2.05, 4.69) is 50.5 Å². The van der Waals surface area contributed by atoms with E-state index in [1.807, 2.05) is 0 Å². The number of halogens is 7. The summed E-state index contributed by atoms with van der Waals surface area (Å²) in [6, 6.07) is 24.3. The Hall–Kier alpha value is -6.34. The number of carbonyl (C=O) groups is 2. The van der Waals surface area contributed by atoms with Crippen molar-refractivity contribution in [1.29, 1.82) is 0 Å². The normalized spacial score (nSPS) is 11.2. The van der Waals surface area contributed by atoms with E-state index in [9.17, 15) is 52.8 Å². The van der Waals surface area contributed by atoms with Gasteiger partial charge in [0, 0.05) is 27.7 Å². The minimum Gasteiger partial charge on any atom is -0.469 e. The number of para-hydroxylation sites is 2. The molecule has 1 N–H and O–H groups in total. The first-order chi connectivity index (χ1) is 30.9. The number of methoxy groups -OCH3 is 2. The number of alkyl halides is 5. The molecule has 0 aliphatic heterocycles. The van der Waals surface area contributed by atoms with Gasteiger partial charge >= 0.3 is 24.8 Å². The molecule has 0 spiro atoms. The molecule has 0 aliphatic rings. The minimum absolute atomic E-state index is 0.00726. The first kappa shape index (κ1) is 51.3. The van der Waals surface area contributed by atoms with E-state index in [-0.39, 0.29) is 59.3 Å². The predicted octanol–water partition coefficient (Wildman–Crippen LogP) is 8.41. The van der Waals surface area contributed by atoms with Crippen LogP contribution in [0.2, 0.25) is 0 Å². The number of anilines is 2. The summed E-state index contributed by atoms with van der Waals surface area (Å²) >= 11 is 3.12. The van der Waals surface area contributed by atoms with Crippen LogP contribution in [0.25, 0.3) is 22.9 Å². The summed E-state index contributed by atoms with van der Waals surface area (Å²) in [5, 5.41) is 13.6. The van der Waals surface area contributed by atoms with Crippen LogP contribution >= 0.6 is 15.9 Å². The molecule has 0 bridgehead atoms. The van der Waals surface area contributed by atoms with Gasteiger partial charge in [-0.3, -0.25) is 18.6 Å². The summed E-state index contributed by atoms with van der Waals surface area (Å²) in [6.45, 7) is -0.369. The Labute approximate surface area is 376 Å². The van der Waals surface area contributed by atoms with Crippen molar-refractivity contribution in [3.05, 3.63) is 132 Å². The van der Waals surface area contributed by atoms with Gasteiger partial charge in [-0.15, -0.1) is 20.4 Å². The summed E-state index contributed by atoms with van der Waals surface area (Å²) < 4.78 is 148. The number of benzene rings is 4. The highest BCUT2D eigenvalue weighted by Crippen LogP contribution is 2.28. The van der Waals surface area contributed by atoms with Crippen molar-refractivity contribution >= 4 is 59.3 Å². The standard InChI is InChI=1S/C20H18F3N3O5S.C10H6BrF3N2O.C10H13NO4S/c1-30-17(27)9-10-32(28,29)26(15-5-3-2-4-6-15)12-14-8-7-13(11-16(14)21)19-24-25-20(31-19)18(22)23;11-4-6-2-1-5(3-7(6)12)9-15-16-10(17-9)8(13)14;1-15-10(12)7-8-16(13,14)11-9-5-3-2-4-6-9/h2-8,11,18H,9-10,12H2,1H3;1-3,8H,4H2;2-6,11H,7-8H2,1H3. The molecule has 4 aromatic carbocycles. The van der Waals surface area contributed by atoms with E-state index in [4.69, 9.17) is 8.83 Å². The number of nitrogens with zero attached hydrogens (tertiary/aromatic N) is 5. The van der Waals surface area contributed by atoms with E-state index in [0.29, 0.717) is 16.6 Å². The van der Waals surface area contributed by atoms with E-state index in [0.717, 1.165) is 17.5 Å². The molecular weight excluding hydrogens is 982 g/mol. The highest BCUT2D eigenvalue weighted by atomic mass is 79.9. The van der Waals surface area contributed by atoms with Crippen LogP contribution in [0.3, 0.4) is 0 Å². The number of nitrogens with one attached hydrogen (secondary N) is 1. The highest BCUT2D eigenvalue weighted by Gasteiger charge is 2.26. The van der Waals surface area contributed by atoms with Gasteiger partial charge in [-0.2, -0.15) is 17.6 Å². The smallest absolute Gasteiger partial charge is 0.314 e. The quantitative estimate of drug-likeness (QED) is 0.0516. The Balaban J connectivity index is 0.000000236. The van der Waals surface area contributed by atoms with Crippen molar-refractivity contribution in [2.75, 3.05) is 34.8 Å². The fourth-order valence-corrected chi connectivity index (χ4v) is 7.97. The topological polar surface area (TPSA) is 214 Å². The van der Waals surface area contributed by atoms with Crippen LogP contribution in [0.15, 0.2) is 106 Å². The molecule has 0 radical (unpaired) electrons. The van der Waals surface area contributed by atoms with Crippen molar-refractivity contribution in [2.24, 2.45) is 0 Å². The summed E-state index contributed by atoms with van der Waals surface area (Å²) in [5.74, 6) is -5.41. The summed E-state index contributed by atoms with van der Waals surface area (Å²) in [5.41, 5.74) is 1.55. The Kier molecular flexibility index (Phi) is 19.0. The summed E-state index contributed by atoms with van der Waals surface area (Å²) in [7, 11) is -5.14. The molecular formula is C40H37BrF6N6O10S2. The number of aromatic nitrogens is 4. The lowest BCUT2D eigenvalue weighted by Gasteiger charge is -2.24. The molecule has 0 saturated carbocycles. The van der Waals surface area contributed by atoms with E-state index in [1.165, 1.54) is 49.6 Å². The minimum atomic E-state index is -4.02. The Bertz CT molecular complexity index is 2720. The summed E-state index contributed by atoms with van der Waals surface area (Å²) in [4.78, 5) is 22.2. The second kappa shape index (κ2) is 24.1. The van der Waals surface area contributed by atoms with Gasteiger partial charge in [0.25, 0.3) is 11.8 Å². The van der Waals surface area contributed by atoms with Gasteiger partial charge in [-0.1, -0.05) is 64.5 Å². The van der Waals surface area contributed by atoms with E-state index < -0.39 is 74.0 Å². The van der Waals surface area contributed by atoms with E-state index >= 15 is 0 Å². The molecule has 6 aromatic rings. The Morgan fingerprint density at radius 3 is 1.57 bits per heavy atom. The average Bonchev–Trinajstić information content (AvgIpc) is 4.00. The zero-order valence-corrected chi connectivity index (χ0v) is 37.1. The number of ether oxygens (including phenoxy) is 2. The number of hydrogen-bond acceptors (Lipinski definition) is 14. The van der Waals surface area contributed by atoms with Gasteiger partial charge in [0.15, 0.2) is 0 Å². The second-order valence-electron chi connectivity index (χ2n) is 12.8. The molecule has 16 nitrogen and oxygen atoms in total. The first-order valence-corrected chi connectivity index (χ1v) is 22.9. The number of sulfonamides is 2. The molecule has 2 heterocycles. The highest BCUT2D eigenvalue weighted by molar-refractivity contribution is 9.08. The molecule has 2 aromatic heterocycles. The van der Waals surface area contributed by atoms with Crippen molar-refractivity contribution in [2.45, 2.75) is 37.6 Å². The fourth-order valence-electron chi connectivity index (χ4n) is 5.06. The third kappa shape index (κ3) is 15.7. The van der Waals surface area contributed by atoms with Crippen molar-refractivity contribution < 1.29 is 71.1 Å². The lowest BCUT2D eigenvalue weighted by Crippen LogP contribution is -2.33. The third-order valence-corrected chi connectivity index (χ3v) is 12.0. The zero-order chi connectivity index (χ0) is 47.7. The molecule has 65 heavy (non-hydrogen) atoms. The van der Waals surface area contributed by atoms with Crippen LogP contribution in [0.4, 0.5) is 37.7 Å². The van der Waals surface area contributed by atoms with Gasteiger partial charge in [0.2, 0.25) is 31.8 Å². The van der Waals surface area contributed by atoms with Crippen LogP contribution < -0.4 is 9.03 Å². The Morgan fingerprint density at radius 2 is 1.14 bits per heavy atom. The fraction of sp³-hybridized carbons (Fsp3) is 0.250. The monoisotopic (exact) mass is 1020 g/mol. The number of hydrogen-bond donors (Lipinski definition) is 1. The second-order valence-corrected chi connectivity index (χ2v) is 17.3.